The van der Waals surface area contributed by atoms with Gasteiger partial charge in [0.15, 0.2) is 0 Å². The zero-order valence-corrected chi connectivity index (χ0v) is 35.8. The summed E-state index contributed by atoms with van der Waals surface area (Å²) in [6.45, 7) is 0. The fourth-order valence-electron chi connectivity index (χ4n) is 11.2. The van der Waals surface area contributed by atoms with Crippen molar-refractivity contribution in [3.05, 3.63) is 179 Å². The lowest BCUT2D eigenvalue weighted by Crippen LogP contribution is -2.41. The molecule has 0 aromatic heterocycles. The van der Waals surface area contributed by atoms with E-state index in [0.29, 0.717) is 77.0 Å². The number of hydrogen-bond acceptors (Lipinski definition) is 8. The first-order valence-corrected chi connectivity index (χ1v) is 22.5. The Labute approximate surface area is 369 Å². The van der Waals surface area contributed by atoms with E-state index in [1.807, 2.05) is 109 Å². The van der Waals surface area contributed by atoms with Crippen molar-refractivity contribution in [1.82, 2.24) is 0 Å². The molecule has 0 aliphatic heterocycles. The SMILES string of the molecule is COOC12CCC(O)(CC1)c1ccc(cc1)-c1ccc(cc1)C1(O)CCC(OO)(CC1)c1ccc(cc1)-c1ccc(cc1)C1(O)CCC(O)(CC1)c1ccc(cc1)-c1ccc2cc1. The Kier molecular flexibility index (Phi) is 10.6. The Hall–Kier alpha value is -5.00. The van der Waals surface area contributed by atoms with Gasteiger partial charge in [0.05, 0.1) is 29.5 Å². The summed E-state index contributed by atoms with van der Waals surface area (Å²) in [5, 5.41) is 58.0. The van der Waals surface area contributed by atoms with Gasteiger partial charge >= 0.3 is 0 Å². The summed E-state index contributed by atoms with van der Waals surface area (Å²) in [5.74, 6) is 0. The van der Waals surface area contributed by atoms with Gasteiger partial charge in [-0.15, -0.1) is 0 Å². The predicted molar refractivity (Wildman–Crippen MR) is 242 cm³/mol. The molecule has 18 bridgehead atoms. The normalized spacial score (nSPS) is 30.2. The van der Waals surface area contributed by atoms with E-state index < -0.39 is 33.6 Å². The van der Waals surface area contributed by atoms with Crippen molar-refractivity contribution < 1.29 is 40.3 Å². The van der Waals surface area contributed by atoms with Gasteiger partial charge in [-0.3, -0.25) is 5.26 Å². The summed E-state index contributed by atoms with van der Waals surface area (Å²) in [4.78, 5) is 16.7. The van der Waals surface area contributed by atoms with Crippen molar-refractivity contribution >= 4 is 0 Å². The Bertz CT molecular complexity index is 2520. The van der Waals surface area contributed by atoms with E-state index in [4.69, 9.17) is 14.7 Å². The van der Waals surface area contributed by atoms with E-state index in [-0.39, 0.29) is 0 Å². The molecule has 63 heavy (non-hydrogen) atoms. The van der Waals surface area contributed by atoms with Crippen molar-refractivity contribution in [2.75, 3.05) is 7.11 Å². The quantitative estimate of drug-likeness (QED) is 0.0880. The minimum atomic E-state index is -1.07. The maximum absolute atomic E-state index is 12.0. The first kappa shape index (κ1) is 42.0. The van der Waals surface area contributed by atoms with E-state index in [1.165, 1.54) is 7.11 Å². The average Bonchev–Trinajstić information content (AvgIpc) is 3.34. The molecule has 0 amide bonds. The van der Waals surface area contributed by atoms with Crippen LogP contribution in [0.5, 0.6) is 0 Å². The maximum Gasteiger partial charge on any atom is 0.129 e. The highest BCUT2D eigenvalue weighted by molar-refractivity contribution is 5.66. The monoisotopic (exact) mass is 844 g/mol. The summed E-state index contributed by atoms with van der Waals surface area (Å²) in [6, 6.07) is 48.7. The van der Waals surface area contributed by atoms with Crippen LogP contribution in [-0.2, 0) is 48.3 Å². The third-order valence-electron chi connectivity index (χ3n) is 15.6. The topological polar surface area (TPSA) is 129 Å². The third kappa shape index (κ3) is 7.46. The van der Waals surface area contributed by atoms with Crippen LogP contribution in [0.4, 0.5) is 0 Å². The summed E-state index contributed by atoms with van der Waals surface area (Å²) in [5.41, 5.74) is 5.50. The first-order valence-electron chi connectivity index (χ1n) is 22.5. The Balaban J connectivity index is 0.957. The van der Waals surface area contributed by atoms with Crippen LogP contribution in [0.25, 0.3) is 33.4 Å². The smallest absolute Gasteiger partial charge is 0.129 e. The molecule has 8 nitrogen and oxygen atoms in total. The fourth-order valence-corrected chi connectivity index (χ4v) is 11.2. The highest BCUT2D eigenvalue weighted by Crippen LogP contribution is 2.51. The third-order valence-corrected chi connectivity index (χ3v) is 15.6. The second-order valence-electron chi connectivity index (χ2n) is 18.9. The molecular weight excluding hydrogens is 789 g/mol. The molecule has 324 valence electrons. The molecule has 0 saturated heterocycles. The van der Waals surface area contributed by atoms with E-state index >= 15 is 0 Å². The van der Waals surface area contributed by atoms with Crippen LogP contribution < -0.4 is 0 Å². The summed E-state index contributed by atoms with van der Waals surface area (Å²) in [6.07, 6.45) is 5.54. The van der Waals surface area contributed by atoms with E-state index in [0.717, 1.165) is 66.8 Å². The molecule has 3 fully saturated rings. The molecule has 22 aliphatic carbocycles. The molecule has 0 spiro atoms. The molecule has 0 heterocycles. The van der Waals surface area contributed by atoms with Crippen LogP contribution >= 0.6 is 0 Å². The maximum atomic E-state index is 12.0. The molecule has 0 radical (unpaired) electrons. The Morgan fingerprint density at radius 2 is 0.508 bits per heavy atom. The van der Waals surface area contributed by atoms with E-state index in [1.54, 1.807) is 0 Å². The number of aliphatic hydroxyl groups is 4. The number of benzene rings is 6. The van der Waals surface area contributed by atoms with Crippen molar-refractivity contribution in [3.63, 3.8) is 0 Å². The van der Waals surface area contributed by atoms with Crippen LogP contribution in [0.2, 0.25) is 0 Å². The molecule has 3 saturated carbocycles. The molecule has 6 aromatic carbocycles. The zero-order valence-electron chi connectivity index (χ0n) is 35.8. The van der Waals surface area contributed by atoms with Crippen LogP contribution in [0.15, 0.2) is 146 Å². The minimum Gasteiger partial charge on any atom is -0.385 e. The molecule has 22 aliphatic rings. The highest BCUT2D eigenvalue weighted by atomic mass is 17.2. The number of rotatable bonds is 3. The highest BCUT2D eigenvalue weighted by Gasteiger charge is 2.47. The Morgan fingerprint density at radius 3 is 0.746 bits per heavy atom. The lowest BCUT2D eigenvalue weighted by molar-refractivity contribution is -0.362. The lowest BCUT2D eigenvalue weighted by atomic mass is 9.70. The van der Waals surface area contributed by atoms with Gasteiger partial charge in [-0.2, -0.15) is 0 Å². The fraction of sp³-hybridized carbons (Fsp3) is 0.345. The molecule has 5 N–H and O–H groups in total. The van der Waals surface area contributed by atoms with Gasteiger partial charge in [0.2, 0.25) is 0 Å². The van der Waals surface area contributed by atoms with E-state index in [9.17, 15) is 25.7 Å². The Morgan fingerprint density at radius 1 is 0.302 bits per heavy atom. The lowest BCUT2D eigenvalue weighted by Gasteiger charge is -2.43. The van der Waals surface area contributed by atoms with Gasteiger partial charge < -0.3 is 20.4 Å². The average molecular weight is 845 g/mol. The van der Waals surface area contributed by atoms with Gasteiger partial charge in [0.1, 0.15) is 11.2 Å². The van der Waals surface area contributed by atoms with E-state index in [2.05, 4.69) is 36.4 Å². The van der Waals surface area contributed by atoms with Gasteiger partial charge in [-0.1, -0.05) is 146 Å². The van der Waals surface area contributed by atoms with Crippen LogP contribution in [-0.4, -0.2) is 32.8 Å². The molecule has 6 aromatic rings. The number of hydrogen-bond donors (Lipinski definition) is 5. The second-order valence-corrected chi connectivity index (χ2v) is 18.9. The van der Waals surface area contributed by atoms with Crippen LogP contribution in [0.3, 0.4) is 0 Å². The summed E-state index contributed by atoms with van der Waals surface area (Å²) < 4.78 is 0. The molecule has 0 atom stereocenters. The molecule has 8 heteroatoms. The zero-order chi connectivity index (χ0) is 43.5. The molecular formula is C55H56O8. The molecule has 28 rings (SSSR count). The van der Waals surface area contributed by atoms with Crippen molar-refractivity contribution in [1.29, 1.82) is 0 Å². The van der Waals surface area contributed by atoms with Gasteiger partial charge in [-0.05, 0) is 144 Å². The summed E-state index contributed by atoms with van der Waals surface area (Å²) >= 11 is 0. The van der Waals surface area contributed by atoms with Gasteiger partial charge in [-0.25, -0.2) is 14.7 Å². The van der Waals surface area contributed by atoms with Gasteiger partial charge in [0.25, 0.3) is 0 Å². The second kappa shape index (κ2) is 15.9. The van der Waals surface area contributed by atoms with Gasteiger partial charge in [0, 0.05) is 0 Å². The largest absolute Gasteiger partial charge is 0.385 e. The van der Waals surface area contributed by atoms with Crippen molar-refractivity contribution in [2.45, 2.75) is 111 Å². The minimum absolute atomic E-state index is 0.415. The molecule has 0 unspecified atom stereocenters. The van der Waals surface area contributed by atoms with Crippen molar-refractivity contribution in [2.24, 2.45) is 0 Å². The standard InChI is InChI=1S/C55H56O8/c1-61-63-55-36-32-53(59,33-37-55)47-20-8-39(9-21-47)38-6-18-46(19-7-38)52(58)30-34-54(62-60,35-31-52)48-22-10-42(11-23-48)40-2-14-44(15-3-40)50(56)26-28-51(57,29-27-50)45-16-4-41(5-17-45)43-12-24-49(55)25-13-43/h2-25,56-60H,26-37H2,1H3. The van der Waals surface area contributed by atoms with Crippen LogP contribution in [0.1, 0.15) is 110 Å². The predicted octanol–water partition coefficient (Wildman–Crippen LogP) is 11.0. The first-order chi connectivity index (χ1) is 30.4. The van der Waals surface area contributed by atoms with Crippen LogP contribution in [0, 0.1) is 0 Å². The van der Waals surface area contributed by atoms with Crippen molar-refractivity contribution in [3.8, 4) is 33.4 Å². The summed E-state index contributed by atoms with van der Waals surface area (Å²) in [7, 11) is 1.53.